The Balaban J connectivity index is 1.31. The SMILES string of the molecule is COc1ccc(C(=O)N[C@H]2[C@@H]3C[C@H]2N(C(=O)CCc2ccc(C)s2)C3)cc1. The zero-order valence-electron chi connectivity index (χ0n) is 15.6. The predicted octanol–water partition coefficient (Wildman–Crippen LogP) is 3.03. The Morgan fingerprint density at radius 3 is 2.67 bits per heavy atom. The molecule has 3 atom stereocenters. The molecule has 1 N–H and O–H groups in total. The average Bonchev–Trinajstić information content (AvgIpc) is 3.39. The molecule has 5 nitrogen and oxygen atoms in total. The van der Waals surface area contributed by atoms with E-state index in [1.165, 1.54) is 9.75 Å². The minimum absolute atomic E-state index is 0.0764. The standard InChI is InChI=1S/C21H24N2O3S/c1-13-3-8-17(27-13)9-10-19(24)23-12-15-11-18(23)20(15)22-21(25)14-4-6-16(26-2)7-5-14/h3-8,15,18,20H,9-12H2,1-2H3,(H,22,25)/t15-,18-,20+/m1/s1. The number of ether oxygens (including phenoxy) is 1. The van der Waals surface area contributed by atoms with E-state index in [1.807, 2.05) is 4.90 Å². The fourth-order valence-electron chi connectivity index (χ4n) is 4.09. The fraction of sp³-hybridized carbons (Fsp3) is 0.429. The van der Waals surface area contributed by atoms with Crippen LogP contribution in [0.25, 0.3) is 0 Å². The smallest absolute Gasteiger partial charge is 0.251 e. The van der Waals surface area contributed by atoms with Crippen LogP contribution in [0.2, 0.25) is 0 Å². The Morgan fingerprint density at radius 1 is 1.22 bits per heavy atom. The van der Waals surface area contributed by atoms with Gasteiger partial charge in [-0.15, -0.1) is 11.3 Å². The molecule has 2 saturated heterocycles. The number of thiophene rings is 1. The van der Waals surface area contributed by atoms with E-state index in [1.54, 1.807) is 42.7 Å². The Morgan fingerprint density at radius 2 is 2.00 bits per heavy atom. The van der Waals surface area contributed by atoms with Crippen molar-refractivity contribution >= 4 is 23.2 Å². The van der Waals surface area contributed by atoms with Crippen LogP contribution in [-0.4, -0.2) is 42.5 Å². The molecule has 1 saturated carbocycles. The molecule has 1 aromatic carbocycles. The maximum absolute atomic E-state index is 12.6. The molecule has 2 bridgehead atoms. The summed E-state index contributed by atoms with van der Waals surface area (Å²) in [5, 5.41) is 3.12. The number of hydrogen-bond acceptors (Lipinski definition) is 4. The minimum atomic E-state index is -0.0827. The normalized spacial score (nSPS) is 23.0. The van der Waals surface area contributed by atoms with Crippen molar-refractivity contribution in [2.24, 2.45) is 5.92 Å². The molecule has 3 aliphatic rings. The number of rotatable bonds is 6. The number of benzene rings is 1. The number of hydrogen-bond donors (Lipinski definition) is 1. The maximum atomic E-state index is 12.6. The monoisotopic (exact) mass is 384 g/mol. The molecular weight excluding hydrogens is 360 g/mol. The summed E-state index contributed by atoms with van der Waals surface area (Å²) in [5.74, 6) is 1.23. The molecule has 6 heteroatoms. The van der Waals surface area contributed by atoms with Crippen LogP contribution in [0.1, 0.15) is 33.0 Å². The molecule has 2 aliphatic heterocycles. The highest BCUT2D eigenvalue weighted by atomic mass is 32.1. The van der Waals surface area contributed by atoms with Gasteiger partial charge >= 0.3 is 0 Å². The molecule has 0 spiro atoms. The van der Waals surface area contributed by atoms with Gasteiger partial charge in [0, 0.05) is 34.2 Å². The number of carbonyl (C=O) groups is 2. The van der Waals surface area contributed by atoms with Gasteiger partial charge in [-0.05, 0) is 56.2 Å². The largest absolute Gasteiger partial charge is 0.497 e. The number of carbonyl (C=O) groups excluding carboxylic acids is 2. The van der Waals surface area contributed by atoms with Gasteiger partial charge in [0.15, 0.2) is 0 Å². The average molecular weight is 385 g/mol. The van der Waals surface area contributed by atoms with Crippen LogP contribution in [0.5, 0.6) is 5.75 Å². The predicted molar refractivity (Wildman–Crippen MR) is 105 cm³/mol. The van der Waals surface area contributed by atoms with E-state index < -0.39 is 0 Å². The van der Waals surface area contributed by atoms with Gasteiger partial charge in [-0.25, -0.2) is 0 Å². The molecule has 1 aliphatic carbocycles. The lowest BCUT2D eigenvalue weighted by Crippen LogP contribution is -2.55. The highest BCUT2D eigenvalue weighted by Gasteiger charge is 2.53. The van der Waals surface area contributed by atoms with E-state index in [-0.39, 0.29) is 23.9 Å². The number of amides is 2. The minimum Gasteiger partial charge on any atom is -0.497 e. The summed E-state index contributed by atoms with van der Waals surface area (Å²) >= 11 is 1.76. The van der Waals surface area contributed by atoms with Crippen LogP contribution in [0.3, 0.4) is 0 Å². The number of aryl methyl sites for hydroxylation is 2. The number of fused-ring (bicyclic) bond motifs is 1. The first-order valence-corrected chi connectivity index (χ1v) is 10.2. The zero-order valence-corrected chi connectivity index (χ0v) is 16.4. The second-order valence-electron chi connectivity index (χ2n) is 7.35. The molecule has 142 valence electrons. The lowest BCUT2D eigenvalue weighted by Gasteiger charge is -2.37. The lowest BCUT2D eigenvalue weighted by atomic mass is 9.80. The van der Waals surface area contributed by atoms with Crippen LogP contribution in [0, 0.1) is 12.8 Å². The van der Waals surface area contributed by atoms with Crippen LogP contribution in [0.15, 0.2) is 36.4 Å². The molecular formula is C21H24N2O3S. The number of nitrogens with one attached hydrogen (secondary N) is 1. The van der Waals surface area contributed by atoms with Crippen LogP contribution >= 0.6 is 11.3 Å². The second kappa shape index (κ2) is 7.35. The first kappa shape index (κ1) is 18.0. The summed E-state index contributed by atoms with van der Waals surface area (Å²) in [6.45, 7) is 2.85. The maximum Gasteiger partial charge on any atom is 0.251 e. The quantitative estimate of drug-likeness (QED) is 0.833. The van der Waals surface area contributed by atoms with Gasteiger partial charge in [-0.3, -0.25) is 9.59 Å². The molecule has 0 radical (unpaired) electrons. The van der Waals surface area contributed by atoms with Gasteiger partial charge in [0.2, 0.25) is 5.91 Å². The topological polar surface area (TPSA) is 58.6 Å². The number of methoxy groups -OCH3 is 1. The Labute approximate surface area is 163 Å². The molecule has 5 rings (SSSR count). The van der Waals surface area contributed by atoms with Crippen molar-refractivity contribution in [3.8, 4) is 5.75 Å². The zero-order chi connectivity index (χ0) is 19.0. The summed E-state index contributed by atoms with van der Waals surface area (Å²) < 4.78 is 5.13. The van der Waals surface area contributed by atoms with E-state index in [9.17, 15) is 9.59 Å². The van der Waals surface area contributed by atoms with Crippen molar-refractivity contribution in [2.45, 2.75) is 38.3 Å². The van der Waals surface area contributed by atoms with E-state index in [0.29, 0.717) is 17.9 Å². The lowest BCUT2D eigenvalue weighted by molar-refractivity contribution is -0.131. The Hall–Kier alpha value is -2.34. The van der Waals surface area contributed by atoms with Gasteiger partial charge in [0.25, 0.3) is 5.91 Å². The van der Waals surface area contributed by atoms with Crippen LogP contribution in [0.4, 0.5) is 0 Å². The summed E-state index contributed by atoms with van der Waals surface area (Å²) in [6, 6.07) is 11.5. The third-order valence-electron chi connectivity index (χ3n) is 5.65. The molecule has 1 aromatic heterocycles. The Kier molecular flexibility index (Phi) is 4.91. The second-order valence-corrected chi connectivity index (χ2v) is 8.72. The molecule has 27 heavy (non-hydrogen) atoms. The molecule has 3 heterocycles. The van der Waals surface area contributed by atoms with Crippen molar-refractivity contribution in [1.82, 2.24) is 10.2 Å². The van der Waals surface area contributed by atoms with Crippen LogP contribution in [-0.2, 0) is 11.2 Å². The molecule has 3 fully saturated rings. The van der Waals surface area contributed by atoms with Gasteiger partial charge in [-0.1, -0.05) is 0 Å². The van der Waals surface area contributed by atoms with E-state index >= 15 is 0 Å². The van der Waals surface area contributed by atoms with Gasteiger partial charge in [0.1, 0.15) is 5.75 Å². The van der Waals surface area contributed by atoms with Crippen molar-refractivity contribution in [2.75, 3.05) is 13.7 Å². The van der Waals surface area contributed by atoms with Gasteiger partial charge in [0.05, 0.1) is 19.2 Å². The molecule has 2 aromatic rings. The van der Waals surface area contributed by atoms with Crippen molar-refractivity contribution in [3.63, 3.8) is 0 Å². The molecule has 0 unspecified atom stereocenters. The summed E-state index contributed by atoms with van der Waals surface area (Å²) in [6.07, 6.45) is 2.34. The third-order valence-corrected chi connectivity index (χ3v) is 6.71. The van der Waals surface area contributed by atoms with E-state index in [4.69, 9.17) is 4.74 Å². The highest BCUT2D eigenvalue weighted by molar-refractivity contribution is 7.11. The fourth-order valence-corrected chi connectivity index (χ4v) is 4.98. The van der Waals surface area contributed by atoms with Crippen molar-refractivity contribution in [3.05, 3.63) is 51.7 Å². The number of nitrogens with zero attached hydrogens (tertiary/aromatic N) is 1. The first-order chi connectivity index (χ1) is 13.0. The van der Waals surface area contributed by atoms with E-state index in [0.717, 1.165) is 25.1 Å². The first-order valence-electron chi connectivity index (χ1n) is 9.35. The van der Waals surface area contributed by atoms with Gasteiger partial charge < -0.3 is 15.0 Å². The summed E-state index contributed by atoms with van der Waals surface area (Å²) in [4.78, 5) is 29.7. The van der Waals surface area contributed by atoms with E-state index in [2.05, 4.69) is 24.4 Å². The van der Waals surface area contributed by atoms with Crippen LogP contribution < -0.4 is 10.1 Å². The summed E-state index contributed by atoms with van der Waals surface area (Å²) in [7, 11) is 1.60. The third kappa shape index (κ3) is 3.58. The van der Waals surface area contributed by atoms with Crippen molar-refractivity contribution in [1.29, 1.82) is 0 Å². The van der Waals surface area contributed by atoms with Crippen molar-refractivity contribution < 1.29 is 14.3 Å². The Bertz CT molecular complexity index is 845. The molecule has 2 amide bonds. The van der Waals surface area contributed by atoms with Gasteiger partial charge in [-0.2, -0.15) is 0 Å². The summed E-state index contributed by atoms with van der Waals surface area (Å²) in [5.41, 5.74) is 0.619. The highest BCUT2D eigenvalue weighted by Crippen LogP contribution is 2.41.